The van der Waals surface area contributed by atoms with Crippen LogP contribution in [0.3, 0.4) is 0 Å². The van der Waals surface area contributed by atoms with Crippen molar-refractivity contribution in [3.63, 3.8) is 0 Å². The first-order valence-electron chi connectivity index (χ1n) is 7.17. The van der Waals surface area contributed by atoms with Crippen molar-refractivity contribution in [2.75, 3.05) is 39.9 Å². The topological polar surface area (TPSA) is 24.5 Å². The molecule has 1 atom stereocenters. The second-order valence-electron chi connectivity index (χ2n) is 5.62. The van der Waals surface area contributed by atoms with Gasteiger partial charge in [-0.05, 0) is 38.3 Å². The van der Waals surface area contributed by atoms with Gasteiger partial charge in [0, 0.05) is 26.2 Å². The van der Waals surface area contributed by atoms with E-state index in [4.69, 9.17) is 4.74 Å². The van der Waals surface area contributed by atoms with Crippen LogP contribution in [0.4, 0.5) is 0 Å². The fraction of sp³-hybridized carbons (Fsp3) is 1.00. The Hall–Kier alpha value is -0.120. The van der Waals surface area contributed by atoms with Gasteiger partial charge in [0.2, 0.25) is 0 Å². The summed E-state index contributed by atoms with van der Waals surface area (Å²) < 4.78 is 5.19. The fourth-order valence-corrected chi connectivity index (χ4v) is 2.54. The van der Waals surface area contributed by atoms with E-state index < -0.39 is 0 Å². The number of rotatable bonds is 8. The molecule has 17 heavy (non-hydrogen) atoms. The molecule has 0 bridgehead atoms. The number of piperidine rings is 1. The molecule has 1 fully saturated rings. The number of hydrogen-bond donors (Lipinski definition) is 1. The van der Waals surface area contributed by atoms with E-state index in [1.807, 2.05) is 0 Å². The average molecular weight is 242 g/mol. The third-order valence-corrected chi connectivity index (χ3v) is 3.44. The highest BCUT2D eigenvalue weighted by Crippen LogP contribution is 2.11. The molecule has 0 amide bonds. The van der Waals surface area contributed by atoms with Crippen LogP contribution >= 0.6 is 0 Å². The van der Waals surface area contributed by atoms with Gasteiger partial charge in [-0.25, -0.2) is 0 Å². The Morgan fingerprint density at radius 2 is 2.12 bits per heavy atom. The largest absolute Gasteiger partial charge is 0.383 e. The SMILES string of the molecule is COCCN(CCC1CCCCN1)CC(C)C. The van der Waals surface area contributed by atoms with E-state index in [2.05, 4.69) is 24.1 Å². The highest BCUT2D eigenvalue weighted by atomic mass is 16.5. The lowest BCUT2D eigenvalue weighted by molar-refractivity contribution is 0.135. The van der Waals surface area contributed by atoms with Crippen LogP contribution in [-0.2, 0) is 4.74 Å². The van der Waals surface area contributed by atoms with Crippen LogP contribution < -0.4 is 5.32 Å². The summed E-state index contributed by atoms with van der Waals surface area (Å²) in [4.78, 5) is 2.55. The lowest BCUT2D eigenvalue weighted by Gasteiger charge is -2.28. The van der Waals surface area contributed by atoms with Crippen molar-refractivity contribution in [1.82, 2.24) is 10.2 Å². The molecule has 0 aromatic carbocycles. The zero-order valence-electron chi connectivity index (χ0n) is 11.9. The van der Waals surface area contributed by atoms with E-state index in [1.54, 1.807) is 7.11 Å². The predicted octanol–water partition coefficient (Wildman–Crippen LogP) is 2.12. The van der Waals surface area contributed by atoms with E-state index in [1.165, 1.54) is 45.3 Å². The number of methoxy groups -OCH3 is 1. The fourth-order valence-electron chi connectivity index (χ4n) is 2.54. The monoisotopic (exact) mass is 242 g/mol. The quantitative estimate of drug-likeness (QED) is 0.705. The van der Waals surface area contributed by atoms with Crippen molar-refractivity contribution >= 4 is 0 Å². The number of ether oxygens (including phenoxy) is 1. The Morgan fingerprint density at radius 1 is 1.29 bits per heavy atom. The van der Waals surface area contributed by atoms with Crippen LogP contribution in [0, 0.1) is 5.92 Å². The molecule has 0 saturated carbocycles. The summed E-state index contributed by atoms with van der Waals surface area (Å²) in [6.07, 6.45) is 5.41. The lowest BCUT2D eigenvalue weighted by Crippen LogP contribution is -2.39. The molecule has 0 radical (unpaired) electrons. The van der Waals surface area contributed by atoms with Gasteiger partial charge in [0.1, 0.15) is 0 Å². The zero-order valence-corrected chi connectivity index (χ0v) is 11.9. The molecule has 3 nitrogen and oxygen atoms in total. The third kappa shape index (κ3) is 7.02. The van der Waals surface area contributed by atoms with E-state index in [0.717, 1.165) is 25.1 Å². The zero-order chi connectivity index (χ0) is 12.5. The van der Waals surface area contributed by atoms with E-state index >= 15 is 0 Å². The maximum atomic E-state index is 5.19. The highest BCUT2D eigenvalue weighted by molar-refractivity contribution is 4.74. The molecule has 0 aliphatic carbocycles. The Kier molecular flexibility index (Phi) is 7.82. The van der Waals surface area contributed by atoms with E-state index in [-0.39, 0.29) is 0 Å². The summed E-state index contributed by atoms with van der Waals surface area (Å²) in [6.45, 7) is 10.1. The third-order valence-electron chi connectivity index (χ3n) is 3.44. The minimum absolute atomic E-state index is 0.742. The Labute approximate surface area is 107 Å². The first kappa shape index (κ1) is 14.9. The molecule has 1 aliphatic rings. The minimum atomic E-state index is 0.742. The first-order chi connectivity index (χ1) is 8.22. The Bertz CT molecular complexity index is 179. The maximum Gasteiger partial charge on any atom is 0.0589 e. The lowest BCUT2D eigenvalue weighted by atomic mass is 10.0. The summed E-state index contributed by atoms with van der Waals surface area (Å²) in [7, 11) is 1.79. The second kappa shape index (κ2) is 8.90. The standard InChI is InChI=1S/C14H30N2O/c1-13(2)12-16(10-11-17-3)9-7-14-6-4-5-8-15-14/h13-15H,4-12H2,1-3H3. The van der Waals surface area contributed by atoms with Crippen LogP contribution in [0.2, 0.25) is 0 Å². The molecule has 1 unspecified atom stereocenters. The molecule has 1 rings (SSSR count). The molecule has 1 N–H and O–H groups in total. The summed E-state index contributed by atoms with van der Waals surface area (Å²) in [6, 6.07) is 0.751. The summed E-state index contributed by atoms with van der Waals surface area (Å²) in [5.74, 6) is 0.742. The summed E-state index contributed by atoms with van der Waals surface area (Å²) >= 11 is 0. The molecule has 102 valence electrons. The highest BCUT2D eigenvalue weighted by Gasteiger charge is 2.14. The van der Waals surface area contributed by atoms with Crippen LogP contribution in [-0.4, -0.2) is 50.8 Å². The summed E-state index contributed by atoms with van der Waals surface area (Å²) in [5.41, 5.74) is 0. The van der Waals surface area contributed by atoms with Gasteiger partial charge in [0.05, 0.1) is 6.61 Å². The number of hydrogen-bond acceptors (Lipinski definition) is 3. The van der Waals surface area contributed by atoms with Crippen LogP contribution in [0.1, 0.15) is 39.5 Å². The van der Waals surface area contributed by atoms with Gasteiger partial charge >= 0.3 is 0 Å². The average Bonchev–Trinajstić information content (AvgIpc) is 2.33. The van der Waals surface area contributed by atoms with Gasteiger partial charge in [-0.15, -0.1) is 0 Å². The summed E-state index contributed by atoms with van der Waals surface area (Å²) in [5, 5.41) is 3.63. The van der Waals surface area contributed by atoms with Gasteiger partial charge in [-0.3, -0.25) is 0 Å². The van der Waals surface area contributed by atoms with Gasteiger partial charge < -0.3 is 15.0 Å². The second-order valence-corrected chi connectivity index (χ2v) is 5.62. The van der Waals surface area contributed by atoms with Crippen LogP contribution in [0.5, 0.6) is 0 Å². The van der Waals surface area contributed by atoms with Crippen LogP contribution in [0.15, 0.2) is 0 Å². The smallest absolute Gasteiger partial charge is 0.0589 e. The number of nitrogens with one attached hydrogen (secondary N) is 1. The molecule has 1 saturated heterocycles. The van der Waals surface area contributed by atoms with Crippen molar-refractivity contribution in [3.05, 3.63) is 0 Å². The van der Waals surface area contributed by atoms with Crippen molar-refractivity contribution in [2.24, 2.45) is 5.92 Å². The van der Waals surface area contributed by atoms with Crippen LogP contribution in [0.25, 0.3) is 0 Å². The van der Waals surface area contributed by atoms with Crippen molar-refractivity contribution in [1.29, 1.82) is 0 Å². The minimum Gasteiger partial charge on any atom is -0.383 e. The predicted molar refractivity (Wildman–Crippen MR) is 73.4 cm³/mol. The first-order valence-corrected chi connectivity index (χ1v) is 7.17. The van der Waals surface area contributed by atoms with Gasteiger partial charge in [0.25, 0.3) is 0 Å². The molecule has 0 aromatic heterocycles. The molecule has 3 heteroatoms. The molecule has 1 heterocycles. The van der Waals surface area contributed by atoms with E-state index in [9.17, 15) is 0 Å². The maximum absolute atomic E-state index is 5.19. The van der Waals surface area contributed by atoms with Crippen molar-refractivity contribution in [2.45, 2.75) is 45.6 Å². The Balaban J connectivity index is 2.21. The number of nitrogens with zero attached hydrogens (tertiary/aromatic N) is 1. The molecule has 0 spiro atoms. The van der Waals surface area contributed by atoms with Crippen molar-refractivity contribution in [3.8, 4) is 0 Å². The normalized spacial score (nSPS) is 21.4. The van der Waals surface area contributed by atoms with Gasteiger partial charge in [-0.1, -0.05) is 20.3 Å². The van der Waals surface area contributed by atoms with Gasteiger partial charge in [-0.2, -0.15) is 0 Å². The molecular formula is C14H30N2O. The van der Waals surface area contributed by atoms with Crippen molar-refractivity contribution < 1.29 is 4.74 Å². The Morgan fingerprint density at radius 3 is 2.71 bits per heavy atom. The molecular weight excluding hydrogens is 212 g/mol. The molecule has 0 aromatic rings. The molecule has 1 aliphatic heterocycles. The van der Waals surface area contributed by atoms with E-state index in [0.29, 0.717) is 0 Å². The van der Waals surface area contributed by atoms with Gasteiger partial charge in [0.15, 0.2) is 0 Å².